The summed E-state index contributed by atoms with van der Waals surface area (Å²) in [5.74, 6) is -0.313. The van der Waals surface area contributed by atoms with Gasteiger partial charge in [0.05, 0.1) is 34.4 Å². The molecule has 60 heavy (non-hydrogen) atoms. The lowest BCUT2D eigenvalue weighted by atomic mass is 10.0. The Kier molecular flexibility index (Phi) is 43.4. The van der Waals surface area contributed by atoms with Crippen LogP contribution < -0.4 is 0 Å². The lowest BCUT2D eigenvalue weighted by molar-refractivity contribution is -0.870. The maximum atomic E-state index is 12.7. The van der Waals surface area contributed by atoms with E-state index in [1.165, 1.54) is 161 Å². The first-order chi connectivity index (χ1) is 29.1. The largest absolute Gasteiger partial charge is 0.472 e. The Balaban J connectivity index is 4.05. The van der Waals surface area contributed by atoms with Crippen molar-refractivity contribution in [3.05, 3.63) is 36.5 Å². The van der Waals surface area contributed by atoms with Crippen LogP contribution in [-0.4, -0.2) is 75.6 Å². The van der Waals surface area contributed by atoms with Gasteiger partial charge in [-0.25, -0.2) is 4.57 Å². The van der Waals surface area contributed by atoms with Crippen LogP contribution in [-0.2, 0) is 27.9 Å². The van der Waals surface area contributed by atoms with Gasteiger partial charge in [-0.1, -0.05) is 204 Å². The minimum atomic E-state index is -4.27. The van der Waals surface area contributed by atoms with E-state index in [4.69, 9.17) is 18.5 Å². The second kappa shape index (κ2) is 44.3. The molecule has 354 valence electrons. The highest BCUT2D eigenvalue weighted by atomic mass is 31.2. The zero-order valence-electron chi connectivity index (χ0n) is 40.2. The predicted octanol–water partition coefficient (Wildman–Crippen LogP) is 15.3. The van der Waals surface area contributed by atoms with Crippen LogP contribution in [0.3, 0.4) is 0 Å². The predicted molar refractivity (Wildman–Crippen MR) is 256 cm³/mol. The fourth-order valence-electron chi connectivity index (χ4n) is 7.03. The fourth-order valence-corrected chi connectivity index (χ4v) is 7.77. The molecule has 2 unspecified atom stereocenters. The van der Waals surface area contributed by atoms with E-state index >= 15 is 0 Å². The molecule has 0 saturated heterocycles. The van der Waals surface area contributed by atoms with Gasteiger partial charge in [-0.15, -0.1) is 0 Å². The standard InChI is InChI=1S/C51H98NO7P/c1-6-8-10-12-14-16-18-20-21-22-23-24-25-26-27-28-29-30-31-32-33-35-37-39-41-43-46-56-48-50(49-58-60(54,55)57-47-45-52(3,4)5)59-51(53)44-42-40-38-36-34-19-17-15-13-11-9-7-2/h18,20,22-23,25-26,50H,6-17,19,21,24,27-49H2,1-5H3/p+1/b20-18-,23-22-,26-25-. The number of carbonyl (C=O) groups is 1. The van der Waals surface area contributed by atoms with Gasteiger partial charge in [0.2, 0.25) is 0 Å². The Hall–Kier alpha value is -1.28. The van der Waals surface area contributed by atoms with Crippen molar-refractivity contribution in [1.29, 1.82) is 0 Å². The van der Waals surface area contributed by atoms with Crippen LogP contribution in [0.15, 0.2) is 36.5 Å². The van der Waals surface area contributed by atoms with Crippen LogP contribution in [0.5, 0.6) is 0 Å². The summed E-state index contributed by atoms with van der Waals surface area (Å²) in [6.45, 7) is 5.63. The number of hydrogen-bond donors (Lipinski definition) is 1. The van der Waals surface area contributed by atoms with E-state index < -0.39 is 13.9 Å². The van der Waals surface area contributed by atoms with E-state index in [9.17, 15) is 14.3 Å². The highest BCUT2D eigenvalue weighted by Crippen LogP contribution is 2.43. The monoisotopic (exact) mass is 869 g/mol. The number of carbonyl (C=O) groups excluding carboxylic acids is 1. The third-order valence-electron chi connectivity index (χ3n) is 11.0. The van der Waals surface area contributed by atoms with Crippen LogP contribution in [0.2, 0.25) is 0 Å². The summed E-state index contributed by atoms with van der Waals surface area (Å²) in [7, 11) is 1.67. The van der Waals surface area contributed by atoms with Crippen molar-refractivity contribution in [1.82, 2.24) is 0 Å². The summed E-state index contributed by atoms with van der Waals surface area (Å²) in [5.41, 5.74) is 0. The van der Waals surface area contributed by atoms with Crippen molar-refractivity contribution in [3.63, 3.8) is 0 Å². The molecule has 2 atom stereocenters. The number of esters is 1. The molecular formula is C51H99NO7P+. The summed E-state index contributed by atoms with van der Waals surface area (Å²) in [6, 6.07) is 0. The minimum Gasteiger partial charge on any atom is -0.457 e. The Labute approximate surface area is 372 Å². The van der Waals surface area contributed by atoms with Gasteiger partial charge in [-0.3, -0.25) is 13.8 Å². The molecule has 0 radical (unpaired) electrons. The molecule has 0 saturated carbocycles. The highest BCUT2D eigenvalue weighted by molar-refractivity contribution is 7.47. The number of hydrogen-bond acceptors (Lipinski definition) is 6. The Bertz CT molecular complexity index is 1060. The van der Waals surface area contributed by atoms with Gasteiger partial charge < -0.3 is 18.9 Å². The number of likely N-dealkylation sites (N-methyl/N-ethyl adjacent to an activating group) is 1. The fraction of sp³-hybridized carbons (Fsp3) is 0.863. The molecule has 0 rings (SSSR count). The molecule has 0 heterocycles. The SMILES string of the molecule is CCCCCCC/C=C\C/C=C\C/C=C\CCCCCCCCCCCCCOCC(COP(=O)(O)OCC[N+](C)(C)C)OC(=O)CCCCCCCCCCCCCC. The first-order valence-corrected chi connectivity index (χ1v) is 26.7. The molecule has 0 amide bonds. The number of phosphoric acid groups is 1. The number of quaternary nitrogens is 1. The Morgan fingerprint density at radius 2 is 0.917 bits per heavy atom. The van der Waals surface area contributed by atoms with Gasteiger partial charge in [0.1, 0.15) is 19.3 Å². The molecular weight excluding hydrogens is 770 g/mol. The molecule has 1 N–H and O–H groups in total. The molecule has 8 nitrogen and oxygen atoms in total. The van der Waals surface area contributed by atoms with Crippen LogP contribution in [0.4, 0.5) is 0 Å². The first kappa shape index (κ1) is 58.7. The second-order valence-corrected chi connectivity index (χ2v) is 19.7. The number of ether oxygens (including phenoxy) is 2. The molecule has 0 aliphatic carbocycles. The average Bonchev–Trinajstić information content (AvgIpc) is 3.20. The third-order valence-corrected chi connectivity index (χ3v) is 11.9. The zero-order chi connectivity index (χ0) is 44.1. The summed E-state index contributed by atoms with van der Waals surface area (Å²) in [5, 5.41) is 0. The summed E-state index contributed by atoms with van der Waals surface area (Å²) < 4.78 is 35.1. The quantitative estimate of drug-likeness (QED) is 0.0214. The average molecular weight is 869 g/mol. The van der Waals surface area contributed by atoms with E-state index in [0.29, 0.717) is 24.1 Å². The lowest BCUT2D eigenvalue weighted by Crippen LogP contribution is -2.37. The van der Waals surface area contributed by atoms with Crippen molar-refractivity contribution in [2.45, 2.75) is 232 Å². The smallest absolute Gasteiger partial charge is 0.457 e. The lowest BCUT2D eigenvalue weighted by Gasteiger charge is -2.24. The van der Waals surface area contributed by atoms with Crippen molar-refractivity contribution >= 4 is 13.8 Å². The van der Waals surface area contributed by atoms with Crippen molar-refractivity contribution in [2.75, 3.05) is 54.1 Å². The van der Waals surface area contributed by atoms with Crippen LogP contribution in [0, 0.1) is 0 Å². The molecule has 0 aromatic carbocycles. The van der Waals surface area contributed by atoms with Crippen LogP contribution in [0.1, 0.15) is 226 Å². The molecule has 0 fully saturated rings. The number of nitrogens with zero attached hydrogens (tertiary/aromatic N) is 1. The molecule has 9 heteroatoms. The number of rotatable bonds is 47. The molecule has 0 spiro atoms. The van der Waals surface area contributed by atoms with Gasteiger partial charge in [-0.2, -0.15) is 0 Å². The molecule has 0 aromatic rings. The van der Waals surface area contributed by atoms with Gasteiger partial charge >= 0.3 is 13.8 Å². The van der Waals surface area contributed by atoms with Gasteiger partial charge in [-0.05, 0) is 51.4 Å². The number of allylic oxidation sites excluding steroid dienone is 6. The van der Waals surface area contributed by atoms with Crippen molar-refractivity contribution < 1.29 is 37.3 Å². The number of unbranched alkanes of at least 4 members (excludes halogenated alkanes) is 27. The third kappa shape index (κ3) is 47.8. The minimum absolute atomic E-state index is 0.0893. The van der Waals surface area contributed by atoms with Gasteiger partial charge in [0.15, 0.2) is 0 Å². The van der Waals surface area contributed by atoms with Gasteiger partial charge in [0.25, 0.3) is 0 Å². The zero-order valence-corrected chi connectivity index (χ0v) is 41.1. The van der Waals surface area contributed by atoms with Crippen LogP contribution in [0.25, 0.3) is 0 Å². The Morgan fingerprint density at radius 3 is 1.37 bits per heavy atom. The second-order valence-electron chi connectivity index (χ2n) is 18.2. The molecule has 0 aliphatic rings. The van der Waals surface area contributed by atoms with Crippen LogP contribution >= 0.6 is 7.82 Å². The van der Waals surface area contributed by atoms with E-state index in [0.717, 1.165) is 44.9 Å². The molecule has 0 aliphatic heterocycles. The van der Waals surface area contributed by atoms with Crippen molar-refractivity contribution in [3.8, 4) is 0 Å². The van der Waals surface area contributed by atoms with Gasteiger partial charge in [0, 0.05) is 13.0 Å². The number of phosphoric ester groups is 1. The maximum Gasteiger partial charge on any atom is 0.472 e. The summed E-state index contributed by atoms with van der Waals surface area (Å²) in [4.78, 5) is 22.9. The van der Waals surface area contributed by atoms with E-state index in [1.807, 2.05) is 21.1 Å². The summed E-state index contributed by atoms with van der Waals surface area (Å²) >= 11 is 0. The van der Waals surface area contributed by atoms with E-state index in [1.54, 1.807) is 0 Å². The first-order valence-electron chi connectivity index (χ1n) is 25.2. The van der Waals surface area contributed by atoms with E-state index in [-0.39, 0.29) is 25.8 Å². The highest BCUT2D eigenvalue weighted by Gasteiger charge is 2.26. The molecule has 0 aromatic heterocycles. The maximum absolute atomic E-state index is 12.7. The normalized spacial score (nSPS) is 13.9. The Morgan fingerprint density at radius 1 is 0.517 bits per heavy atom. The topological polar surface area (TPSA) is 91.3 Å². The molecule has 0 bridgehead atoms. The van der Waals surface area contributed by atoms with Crippen molar-refractivity contribution in [2.24, 2.45) is 0 Å². The summed E-state index contributed by atoms with van der Waals surface area (Å²) in [6.07, 6.45) is 53.3. The van der Waals surface area contributed by atoms with E-state index in [2.05, 4.69) is 50.3 Å².